The number of amides is 1. The van der Waals surface area contributed by atoms with Crippen LogP contribution in [0.25, 0.3) is 4.96 Å². The quantitative estimate of drug-likeness (QED) is 0.675. The van der Waals surface area contributed by atoms with E-state index in [0.29, 0.717) is 36.3 Å². The van der Waals surface area contributed by atoms with Crippen LogP contribution in [0.5, 0.6) is 0 Å². The second-order valence-electron chi connectivity index (χ2n) is 5.74. The molecule has 3 heterocycles. The Morgan fingerprint density at radius 1 is 1.08 bits per heavy atom. The van der Waals surface area contributed by atoms with Crippen LogP contribution in [0.2, 0.25) is 0 Å². The van der Waals surface area contributed by atoms with Crippen LogP contribution in [-0.2, 0) is 0 Å². The Morgan fingerprint density at radius 3 is 2.42 bits per heavy atom. The van der Waals surface area contributed by atoms with Gasteiger partial charge in [-0.05, 0) is 12.1 Å². The first-order valence-electron chi connectivity index (χ1n) is 7.88. The molecular weight excluding hydrogens is 364 g/mol. The summed E-state index contributed by atoms with van der Waals surface area (Å²) >= 11 is 1.27. The van der Waals surface area contributed by atoms with Gasteiger partial charge >= 0.3 is 0 Å². The molecule has 2 aromatic heterocycles. The topological polar surface area (TPSA) is 70.8 Å². The van der Waals surface area contributed by atoms with Crippen molar-refractivity contribution >= 4 is 27.3 Å². The molecule has 0 spiro atoms. The van der Waals surface area contributed by atoms with Gasteiger partial charge in [0.15, 0.2) is 0 Å². The van der Waals surface area contributed by atoms with Crippen molar-refractivity contribution in [3.05, 3.63) is 58.0 Å². The number of rotatable bonds is 2. The van der Waals surface area contributed by atoms with Crippen LogP contribution in [0.3, 0.4) is 0 Å². The molecule has 3 aromatic rings. The molecule has 134 valence electrons. The summed E-state index contributed by atoms with van der Waals surface area (Å²) in [6, 6.07) is 4.69. The number of nitrogens with zero attached hydrogens (tertiary/aromatic N) is 5. The summed E-state index contributed by atoms with van der Waals surface area (Å²) in [6.45, 7) is 1.47. The molecule has 0 unspecified atom stereocenters. The van der Waals surface area contributed by atoms with Crippen molar-refractivity contribution in [2.24, 2.45) is 0 Å². The summed E-state index contributed by atoms with van der Waals surface area (Å²) < 4.78 is 28.8. The molecule has 4 rings (SSSR count). The van der Waals surface area contributed by atoms with Gasteiger partial charge in [-0.3, -0.25) is 9.59 Å². The molecule has 0 atom stereocenters. The van der Waals surface area contributed by atoms with Gasteiger partial charge in [0.05, 0.1) is 0 Å². The monoisotopic (exact) mass is 377 g/mol. The first-order chi connectivity index (χ1) is 12.5. The molecule has 1 aliphatic rings. The van der Waals surface area contributed by atoms with Gasteiger partial charge < -0.3 is 9.80 Å². The van der Waals surface area contributed by atoms with Crippen LogP contribution >= 0.6 is 11.3 Å². The highest BCUT2D eigenvalue weighted by Gasteiger charge is 2.27. The summed E-state index contributed by atoms with van der Waals surface area (Å²) in [5, 5.41) is 4.87. The number of fused-ring (bicyclic) bond motifs is 1. The Balaban J connectivity index is 1.51. The molecule has 10 heteroatoms. The van der Waals surface area contributed by atoms with Crippen molar-refractivity contribution in [2.75, 3.05) is 31.1 Å². The van der Waals surface area contributed by atoms with Crippen molar-refractivity contribution in [3.63, 3.8) is 0 Å². The van der Waals surface area contributed by atoms with Crippen LogP contribution in [0.4, 0.5) is 13.9 Å². The summed E-state index contributed by atoms with van der Waals surface area (Å²) in [6.07, 6.45) is 1.43. The van der Waals surface area contributed by atoms with E-state index in [4.69, 9.17) is 0 Å². The van der Waals surface area contributed by atoms with E-state index in [1.807, 2.05) is 4.90 Å². The number of hydrogen-bond acceptors (Lipinski definition) is 6. The molecule has 1 amide bonds. The van der Waals surface area contributed by atoms with E-state index in [9.17, 15) is 18.4 Å². The van der Waals surface area contributed by atoms with Crippen LogP contribution < -0.4 is 10.5 Å². The van der Waals surface area contributed by atoms with Crippen LogP contribution in [0.1, 0.15) is 10.4 Å². The maximum Gasteiger partial charge on any atom is 0.275 e. The fourth-order valence-corrected chi connectivity index (χ4v) is 3.75. The fourth-order valence-electron chi connectivity index (χ4n) is 2.82. The smallest absolute Gasteiger partial charge is 0.275 e. The predicted molar refractivity (Wildman–Crippen MR) is 91.6 cm³/mol. The van der Waals surface area contributed by atoms with E-state index in [1.54, 1.807) is 0 Å². The van der Waals surface area contributed by atoms with Gasteiger partial charge in [-0.15, -0.1) is 5.10 Å². The van der Waals surface area contributed by atoms with E-state index in [0.717, 1.165) is 12.1 Å². The van der Waals surface area contributed by atoms with Gasteiger partial charge in [-0.25, -0.2) is 13.8 Å². The number of carbonyl (C=O) groups excluding carboxylic acids is 1. The third kappa shape index (κ3) is 2.81. The number of hydrogen-bond donors (Lipinski definition) is 0. The maximum absolute atomic E-state index is 13.8. The fraction of sp³-hybridized carbons (Fsp3) is 0.250. The third-order valence-corrected chi connectivity index (χ3v) is 5.16. The molecule has 1 fully saturated rings. The van der Waals surface area contributed by atoms with Crippen molar-refractivity contribution < 1.29 is 13.6 Å². The van der Waals surface area contributed by atoms with Gasteiger partial charge in [0.2, 0.25) is 10.1 Å². The summed E-state index contributed by atoms with van der Waals surface area (Å²) in [5.74, 6) is -2.40. The van der Waals surface area contributed by atoms with Crippen molar-refractivity contribution in [1.29, 1.82) is 0 Å². The lowest BCUT2D eigenvalue weighted by atomic mass is 10.1. The molecular formula is C16H13F2N5O2S. The second-order valence-corrected chi connectivity index (χ2v) is 6.67. The van der Waals surface area contributed by atoms with E-state index in [2.05, 4.69) is 10.1 Å². The van der Waals surface area contributed by atoms with Crippen LogP contribution in [0, 0.1) is 11.6 Å². The largest absolute Gasteiger partial charge is 0.343 e. The van der Waals surface area contributed by atoms with Crippen LogP contribution in [0.15, 0.2) is 35.3 Å². The minimum atomic E-state index is -0.867. The molecule has 0 bridgehead atoms. The number of halogens is 2. The van der Waals surface area contributed by atoms with Gasteiger partial charge in [-0.2, -0.15) is 4.52 Å². The highest BCUT2D eigenvalue weighted by Crippen LogP contribution is 2.23. The number of anilines is 1. The summed E-state index contributed by atoms with van der Waals surface area (Å²) in [5.41, 5.74) is -0.793. The van der Waals surface area contributed by atoms with E-state index in [-0.39, 0.29) is 5.56 Å². The standard InChI is InChI=1S/C16H13F2N5O2S/c17-10-2-1-3-11(18)13(10)14(25)21-6-8-22(9-7-21)16-20-23-12(24)4-5-19-15(23)26-16/h1-5H,6-9H2. The predicted octanol–water partition coefficient (Wildman–Crippen LogP) is 1.39. The number of benzene rings is 1. The molecule has 1 aliphatic heterocycles. The molecule has 0 N–H and O–H groups in total. The average Bonchev–Trinajstić information content (AvgIpc) is 3.07. The minimum absolute atomic E-state index is 0.263. The van der Waals surface area contributed by atoms with Crippen LogP contribution in [-0.4, -0.2) is 51.6 Å². The molecule has 1 saturated heterocycles. The lowest BCUT2D eigenvalue weighted by Crippen LogP contribution is -2.49. The average molecular weight is 377 g/mol. The Bertz CT molecular complexity index is 1020. The van der Waals surface area contributed by atoms with E-state index < -0.39 is 23.1 Å². The highest BCUT2D eigenvalue weighted by atomic mass is 32.1. The van der Waals surface area contributed by atoms with Crippen molar-refractivity contribution in [2.45, 2.75) is 0 Å². The molecule has 0 saturated carbocycles. The number of carbonyl (C=O) groups is 1. The third-order valence-electron chi connectivity index (χ3n) is 4.17. The van der Waals surface area contributed by atoms with Gasteiger partial charge in [0.1, 0.15) is 17.2 Å². The Kier molecular flexibility index (Phi) is 4.11. The first-order valence-corrected chi connectivity index (χ1v) is 8.69. The first kappa shape index (κ1) is 16.6. The number of piperazine rings is 1. The lowest BCUT2D eigenvalue weighted by molar-refractivity contribution is 0.0737. The highest BCUT2D eigenvalue weighted by molar-refractivity contribution is 7.20. The van der Waals surface area contributed by atoms with Gasteiger partial charge in [0.25, 0.3) is 11.5 Å². The summed E-state index contributed by atoms with van der Waals surface area (Å²) in [4.78, 5) is 32.1. The number of aromatic nitrogens is 3. The van der Waals surface area contributed by atoms with Crippen molar-refractivity contribution in [3.8, 4) is 0 Å². The van der Waals surface area contributed by atoms with E-state index >= 15 is 0 Å². The second kappa shape index (κ2) is 6.45. The molecule has 26 heavy (non-hydrogen) atoms. The molecule has 7 nitrogen and oxygen atoms in total. The molecule has 1 aromatic carbocycles. The Morgan fingerprint density at radius 2 is 1.77 bits per heavy atom. The minimum Gasteiger partial charge on any atom is -0.343 e. The van der Waals surface area contributed by atoms with Gasteiger partial charge in [-0.1, -0.05) is 17.4 Å². The lowest BCUT2D eigenvalue weighted by Gasteiger charge is -2.34. The van der Waals surface area contributed by atoms with E-state index in [1.165, 1.54) is 39.1 Å². The maximum atomic E-state index is 13.8. The molecule has 0 radical (unpaired) electrons. The normalized spacial score (nSPS) is 14.8. The SMILES string of the molecule is O=C(c1c(F)cccc1F)N1CCN(c2nn3c(=O)ccnc3s2)CC1. The van der Waals surface area contributed by atoms with Crippen molar-refractivity contribution in [1.82, 2.24) is 19.5 Å². The van der Waals surface area contributed by atoms with Gasteiger partial charge in [0, 0.05) is 38.4 Å². The zero-order chi connectivity index (χ0) is 18.3. The Labute approximate surface area is 150 Å². The zero-order valence-electron chi connectivity index (χ0n) is 13.4. The molecule has 0 aliphatic carbocycles. The zero-order valence-corrected chi connectivity index (χ0v) is 14.2. The Hall–Kier alpha value is -2.88. The summed E-state index contributed by atoms with van der Waals surface area (Å²) in [7, 11) is 0.